The van der Waals surface area contributed by atoms with Gasteiger partial charge < -0.3 is 5.32 Å². The quantitative estimate of drug-likeness (QED) is 0.525. The number of carbonyl (C=O) groups is 1. The van der Waals surface area contributed by atoms with Gasteiger partial charge in [-0.05, 0) is 18.4 Å². The van der Waals surface area contributed by atoms with Gasteiger partial charge >= 0.3 is 0 Å². The summed E-state index contributed by atoms with van der Waals surface area (Å²) in [5, 5.41) is 2.96. The highest BCUT2D eigenvalue weighted by atomic mass is 16.2. The molecule has 3 nitrogen and oxygen atoms in total. The Morgan fingerprint density at radius 1 is 1.35 bits per heavy atom. The normalized spacial score (nSPS) is 10.5. The van der Waals surface area contributed by atoms with Gasteiger partial charge in [-0.15, -0.1) is 6.58 Å². The lowest BCUT2D eigenvalue weighted by Gasteiger charge is -2.20. The molecule has 0 unspecified atom stereocenters. The monoisotopic (exact) mass is 274 g/mol. The van der Waals surface area contributed by atoms with Crippen molar-refractivity contribution in [3.8, 4) is 0 Å². The third-order valence-electron chi connectivity index (χ3n) is 3.17. The highest BCUT2D eigenvalue weighted by molar-refractivity contribution is 5.77. The number of amides is 1. The van der Waals surface area contributed by atoms with Crippen LogP contribution in [0.1, 0.15) is 25.3 Å². The fraction of sp³-hybridized carbons (Fsp3) is 0.471. The summed E-state index contributed by atoms with van der Waals surface area (Å²) in [5.74, 6) is 0.105. The Morgan fingerprint density at radius 3 is 2.75 bits per heavy atom. The van der Waals surface area contributed by atoms with Crippen LogP contribution in [-0.2, 0) is 11.2 Å². The van der Waals surface area contributed by atoms with E-state index in [1.54, 1.807) is 0 Å². The molecule has 0 heterocycles. The van der Waals surface area contributed by atoms with Gasteiger partial charge in [0.2, 0.25) is 5.91 Å². The molecule has 0 bridgehead atoms. The van der Waals surface area contributed by atoms with Crippen LogP contribution in [0.4, 0.5) is 0 Å². The highest BCUT2D eigenvalue weighted by Gasteiger charge is 2.08. The van der Waals surface area contributed by atoms with E-state index in [-0.39, 0.29) is 5.91 Å². The molecule has 20 heavy (non-hydrogen) atoms. The van der Waals surface area contributed by atoms with Crippen molar-refractivity contribution in [2.45, 2.75) is 26.2 Å². The number of rotatable bonds is 10. The van der Waals surface area contributed by atoms with Crippen molar-refractivity contribution in [1.29, 1.82) is 0 Å². The van der Waals surface area contributed by atoms with Crippen molar-refractivity contribution in [2.75, 3.05) is 26.2 Å². The molecule has 1 rings (SSSR count). The molecule has 110 valence electrons. The summed E-state index contributed by atoms with van der Waals surface area (Å²) in [5.41, 5.74) is 1.30. The fourth-order valence-electron chi connectivity index (χ4n) is 2.01. The summed E-state index contributed by atoms with van der Waals surface area (Å²) in [6.07, 6.45) is 4.95. The highest BCUT2D eigenvalue weighted by Crippen LogP contribution is 2.01. The largest absolute Gasteiger partial charge is 0.355 e. The number of hydrogen-bond acceptors (Lipinski definition) is 2. The minimum absolute atomic E-state index is 0.105. The summed E-state index contributed by atoms with van der Waals surface area (Å²) >= 11 is 0. The number of benzene rings is 1. The van der Waals surface area contributed by atoms with Crippen molar-refractivity contribution in [2.24, 2.45) is 0 Å². The lowest BCUT2D eigenvalue weighted by atomic mass is 10.1. The Labute approximate surface area is 122 Å². The molecule has 0 aliphatic carbocycles. The first-order valence-corrected chi connectivity index (χ1v) is 7.40. The first-order chi connectivity index (χ1) is 9.76. The molecule has 0 aliphatic rings. The number of nitrogens with zero attached hydrogens (tertiary/aromatic N) is 1. The van der Waals surface area contributed by atoms with E-state index in [0.717, 1.165) is 38.9 Å². The average molecular weight is 274 g/mol. The zero-order valence-corrected chi connectivity index (χ0v) is 12.5. The van der Waals surface area contributed by atoms with E-state index >= 15 is 0 Å². The van der Waals surface area contributed by atoms with E-state index in [1.165, 1.54) is 5.56 Å². The van der Waals surface area contributed by atoms with Gasteiger partial charge in [0.1, 0.15) is 0 Å². The van der Waals surface area contributed by atoms with E-state index in [9.17, 15) is 4.79 Å². The second kappa shape index (κ2) is 10.2. The molecular formula is C17H26N2O. The summed E-state index contributed by atoms with van der Waals surface area (Å²) < 4.78 is 0. The molecule has 0 spiro atoms. The molecule has 1 aromatic carbocycles. The van der Waals surface area contributed by atoms with Gasteiger partial charge in [-0.2, -0.15) is 0 Å². The van der Waals surface area contributed by atoms with E-state index in [1.807, 2.05) is 24.3 Å². The Hall–Kier alpha value is -1.61. The lowest BCUT2D eigenvalue weighted by molar-refractivity contribution is -0.122. The topological polar surface area (TPSA) is 32.3 Å². The van der Waals surface area contributed by atoms with E-state index in [0.29, 0.717) is 6.54 Å². The van der Waals surface area contributed by atoms with E-state index in [4.69, 9.17) is 0 Å². The summed E-state index contributed by atoms with van der Waals surface area (Å²) in [4.78, 5) is 14.0. The molecule has 1 N–H and O–H groups in total. The molecule has 0 saturated carbocycles. The minimum atomic E-state index is 0.105. The van der Waals surface area contributed by atoms with E-state index < -0.39 is 0 Å². The zero-order chi connectivity index (χ0) is 14.6. The predicted molar refractivity (Wildman–Crippen MR) is 84.7 cm³/mol. The van der Waals surface area contributed by atoms with Crippen LogP contribution in [0.5, 0.6) is 0 Å². The summed E-state index contributed by atoms with van der Waals surface area (Å²) in [6, 6.07) is 10.3. The molecule has 0 saturated heterocycles. The standard InChI is InChI=1S/C17H26N2O/c1-3-5-12-18-17(20)15-19(13-4-2)14-11-16-9-7-6-8-10-16/h4,6-10H,2-3,5,11-15H2,1H3,(H,18,20). The average Bonchev–Trinajstić information content (AvgIpc) is 2.46. The first-order valence-electron chi connectivity index (χ1n) is 7.40. The van der Waals surface area contributed by atoms with Crippen LogP contribution in [0.15, 0.2) is 43.0 Å². The minimum Gasteiger partial charge on any atom is -0.355 e. The maximum atomic E-state index is 11.8. The van der Waals surface area contributed by atoms with Gasteiger partial charge in [-0.1, -0.05) is 49.8 Å². The van der Waals surface area contributed by atoms with Gasteiger partial charge in [0.05, 0.1) is 6.54 Å². The van der Waals surface area contributed by atoms with Crippen LogP contribution in [0.25, 0.3) is 0 Å². The maximum absolute atomic E-state index is 11.8. The second-order valence-electron chi connectivity index (χ2n) is 4.96. The van der Waals surface area contributed by atoms with Gasteiger partial charge in [0.15, 0.2) is 0 Å². The van der Waals surface area contributed by atoms with Crippen molar-refractivity contribution in [3.05, 3.63) is 48.6 Å². The smallest absolute Gasteiger partial charge is 0.234 e. The molecule has 0 aromatic heterocycles. The summed E-state index contributed by atoms with van der Waals surface area (Å²) in [6.45, 7) is 8.72. The lowest BCUT2D eigenvalue weighted by Crippen LogP contribution is -2.38. The van der Waals surface area contributed by atoms with E-state index in [2.05, 4.69) is 35.9 Å². The van der Waals surface area contributed by atoms with Crippen molar-refractivity contribution < 1.29 is 4.79 Å². The molecule has 0 radical (unpaired) electrons. The fourth-order valence-corrected chi connectivity index (χ4v) is 2.01. The molecule has 0 atom stereocenters. The molecule has 0 fully saturated rings. The Kier molecular flexibility index (Phi) is 8.40. The maximum Gasteiger partial charge on any atom is 0.234 e. The van der Waals surface area contributed by atoms with Crippen LogP contribution in [-0.4, -0.2) is 37.0 Å². The van der Waals surface area contributed by atoms with Gasteiger partial charge in [0, 0.05) is 19.6 Å². The Balaban J connectivity index is 2.35. The van der Waals surface area contributed by atoms with Gasteiger partial charge in [-0.3, -0.25) is 9.69 Å². The van der Waals surface area contributed by atoms with Crippen LogP contribution in [0.2, 0.25) is 0 Å². The number of nitrogens with one attached hydrogen (secondary N) is 1. The van der Waals surface area contributed by atoms with Crippen LogP contribution in [0, 0.1) is 0 Å². The molecular weight excluding hydrogens is 248 g/mol. The molecule has 1 aromatic rings. The van der Waals surface area contributed by atoms with Gasteiger partial charge in [-0.25, -0.2) is 0 Å². The predicted octanol–water partition coefficient (Wildman–Crippen LogP) is 2.63. The molecule has 3 heteroatoms. The van der Waals surface area contributed by atoms with Crippen molar-refractivity contribution in [3.63, 3.8) is 0 Å². The Bertz CT molecular complexity index is 389. The zero-order valence-electron chi connectivity index (χ0n) is 12.5. The summed E-state index contributed by atoms with van der Waals surface area (Å²) in [7, 11) is 0. The number of carbonyl (C=O) groups excluding carboxylic acids is 1. The third-order valence-corrected chi connectivity index (χ3v) is 3.17. The molecule has 1 amide bonds. The number of unbranched alkanes of at least 4 members (excludes halogenated alkanes) is 1. The van der Waals surface area contributed by atoms with Crippen LogP contribution >= 0.6 is 0 Å². The second-order valence-corrected chi connectivity index (χ2v) is 4.96. The molecule has 0 aliphatic heterocycles. The SMILES string of the molecule is C=CCN(CCc1ccccc1)CC(=O)NCCCC. The van der Waals surface area contributed by atoms with Gasteiger partial charge in [0.25, 0.3) is 0 Å². The Morgan fingerprint density at radius 2 is 2.10 bits per heavy atom. The third kappa shape index (κ3) is 7.10. The van der Waals surface area contributed by atoms with Crippen LogP contribution in [0.3, 0.4) is 0 Å². The van der Waals surface area contributed by atoms with Crippen molar-refractivity contribution in [1.82, 2.24) is 10.2 Å². The first kappa shape index (κ1) is 16.4. The van der Waals surface area contributed by atoms with Crippen LogP contribution < -0.4 is 5.32 Å². The number of hydrogen-bond donors (Lipinski definition) is 1. The van der Waals surface area contributed by atoms with Crippen molar-refractivity contribution >= 4 is 5.91 Å².